The van der Waals surface area contributed by atoms with Crippen LogP contribution < -0.4 is 24.3 Å². The number of amides is 4. The molecule has 0 saturated carbocycles. The van der Waals surface area contributed by atoms with Crippen LogP contribution in [0.4, 0.5) is 102 Å². The van der Waals surface area contributed by atoms with Gasteiger partial charge in [-0.1, -0.05) is 76.2 Å². The molecule has 0 bridgehead atoms. The summed E-state index contributed by atoms with van der Waals surface area (Å²) in [4.78, 5) is 110. The Hall–Kier alpha value is -17.0. The molecule has 772 valence electrons. The summed E-state index contributed by atoms with van der Waals surface area (Å²) >= 11 is 0. The van der Waals surface area contributed by atoms with E-state index in [1.54, 1.807) is 126 Å². The lowest BCUT2D eigenvalue weighted by Gasteiger charge is -2.18. The van der Waals surface area contributed by atoms with Crippen LogP contribution in [0.1, 0.15) is 147 Å². The van der Waals surface area contributed by atoms with E-state index in [1.165, 1.54) is 101 Å². The molecule has 4 aromatic carbocycles. The van der Waals surface area contributed by atoms with Crippen LogP contribution in [0.25, 0.3) is 68.3 Å². The predicted molar refractivity (Wildman–Crippen MR) is 504 cm³/mol. The third-order valence-electron chi connectivity index (χ3n) is 23.8. The van der Waals surface area contributed by atoms with Gasteiger partial charge in [0.1, 0.15) is 34.7 Å². The summed E-state index contributed by atoms with van der Waals surface area (Å²) in [5.41, 5.74) is 7.96. The molecule has 30 nitrogen and oxygen atoms in total. The van der Waals surface area contributed by atoms with E-state index < -0.39 is 73.2 Å². The first kappa shape index (κ1) is 104. The molecule has 0 N–H and O–H groups in total. The van der Waals surface area contributed by atoms with Gasteiger partial charge in [-0.3, -0.25) is 58.5 Å². The van der Waals surface area contributed by atoms with Crippen molar-refractivity contribution >= 4 is 46.9 Å². The third kappa shape index (κ3) is 23.5. The maximum Gasteiger partial charge on any atom is 0.522 e. The number of hydrogen-bond donors (Lipinski definition) is 0. The van der Waals surface area contributed by atoms with Crippen molar-refractivity contribution in [2.75, 3.05) is 26.2 Å². The van der Waals surface area contributed by atoms with E-state index in [0.29, 0.717) is 74.1 Å². The maximum absolute atomic E-state index is 13.4. The Labute approximate surface area is 839 Å². The van der Waals surface area contributed by atoms with E-state index in [1.807, 2.05) is 52.0 Å². The Bertz CT molecular complexity index is 7760. The Morgan fingerprint density at radius 2 is 0.633 bits per heavy atom. The average Bonchev–Trinajstić information content (AvgIpc) is 1.63. The van der Waals surface area contributed by atoms with Gasteiger partial charge < -0.3 is 4.74 Å². The molecule has 150 heavy (non-hydrogen) atoms. The Morgan fingerprint density at radius 1 is 0.333 bits per heavy atom. The minimum Gasteiger partial charge on any atom is -0.467 e. The van der Waals surface area contributed by atoms with Crippen molar-refractivity contribution in [2.45, 2.75) is 163 Å². The number of ether oxygens (including phenoxy) is 2. The number of rotatable bonds is 22. The number of aryl methyl sites for hydroxylation is 4. The number of anilines is 4. The van der Waals surface area contributed by atoms with Gasteiger partial charge in [-0.05, 0) is 183 Å². The molecule has 20 rings (SSSR count). The fourth-order valence-corrected chi connectivity index (χ4v) is 16.8. The number of fused-ring (bicyclic) bond motifs is 4. The molecule has 0 radical (unpaired) electrons. The highest BCUT2D eigenvalue weighted by Gasteiger charge is 2.43. The standard InChI is InChI=1S/2C26H23F3N6O.2C25H18F6N6O2/c1-15(2)23-20(5-4-10-30-23)24-31-13-18-12-22(36)34(25(18)32-24)14-17-6-8-19(9-7-17)35-16(3)11-21(33-35)26(27,28)29;1-15(2)23-20(5-4-10-30-23)24-31-13-18-12-22(36)34(25(18)32-24)14-17-6-8-19(9-7-17)35-21(26(27,28)29)11-16(3)33-35;1-14-9-20(24(26,27)28)35-37(14)17-6-4-15(5-7-17)12-36-21(38)10-16-11-33-22(34-23(16)36)18-3-2-8-32-19(18)13-39-25(29,30)31;1-14-9-19(25(29,30)31)37(35-14)17-6-4-15(5-7-17)12-36-20(38)10-16-11-33-21(34-22(16)36)18-3-2-8-32-23(18)39-13-24(26,27)28/h2*4-11,13,15H,12,14H2,1-3H3;2*2-9,11H,10,12-13H2,1H3. The molecule has 4 aliphatic heterocycles. The van der Waals surface area contributed by atoms with Crippen molar-refractivity contribution in [1.29, 1.82) is 0 Å². The first-order valence-electron chi connectivity index (χ1n) is 45.8. The summed E-state index contributed by atoms with van der Waals surface area (Å²) in [5, 5.41) is 15.2. The number of carbonyl (C=O) groups is 4. The highest BCUT2D eigenvalue weighted by atomic mass is 19.4. The fraction of sp³-hybridized carbons (Fsp3) is 0.255. The summed E-state index contributed by atoms with van der Waals surface area (Å²) in [6.07, 6.45) is -14.9. The van der Waals surface area contributed by atoms with Crippen LogP contribution in [0.15, 0.2) is 219 Å². The molecule has 0 unspecified atom stereocenters. The quantitative estimate of drug-likeness (QED) is 0.0569. The lowest BCUT2D eigenvalue weighted by Crippen LogP contribution is -2.26. The minimum atomic E-state index is -4.84. The van der Waals surface area contributed by atoms with E-state index in [2.05, 4.69) is 75.0 Å². The summed E-state index contributed by atoms with van der Waals surface area (Å²) in [7, 11) is 0. The van der Waals surface area contributed by atoms with Crippen molar-refractivity contribution < 1.29 is 108 Å². The number of alkyl halides is 18. The first-order chi connectivity index (χ1) is 71.0. The van der Waals surface area contributed by atoms with Crippen molar-refractivity contribution in [3.63, 3.8) is 0 Å². The van der Waals surface area contributed by atoms with Crippen LogP contribution in [0, 0.1) is 27.7 Å². The van der Waals surface area contributed by atoms with E-state index in [0.717, 1.165) is 78.4 Å². The minimum absolute atomic E-state index is 0.0136. The van der Waals surface area contributed by atoms with Gasteiger partial charge in [0.2, 0.25) is 29.5 Å². The molecule has 16 aromatic rings. The second-order valence-corrected chi connectivity index (χ2v) is 35.5. The molecule has 0 aliphatic carbocycles. The first-order valence-corrected chi connectivity index (χ1v) is 45.8. The van der Waals surface area contributed by atoms with Gasteiger partial charge in [-0.25, -0.2) is 63.6 Å². The summed E-state index contributed by atoms with van der Waals surface area (Å²) < 4.78 is 247. The Balaban J connectivity index is 0.000000136. The Kier molecular flexibility index (Phi) is 29.0. The van der Waals surface area contributed by atoms with Gasteiger partial charge in [0.25, 0.3) is 0 Å². The van der Waals surface area contributed by atoms with Crippen LogP contribution in [0.3, 0.4) is 0 Å². The second-order valence-electron chi connectivity index (χ2n) is 35.5. The number of hydrogen-bond acceptors (Lipinski definition) is 22. The van der Waals surface area contributed by atoms with Gasteiger partial charge in [0.05, 0.1) is 115 Å². The van der Waals surface area contributed by atoms with E-state index in [-0.39, 0.29) is 150 Å². The second kappa shape index (κ2) is 41.7. The van der Waals surface area contributed by atoms with E-state index >= 15 is 0 Å². The molecule has 0 fully saturated rings. The molecule has 0 atom stereocenters. The number of halogens is 18. The molecule has 4 aliphatic rings. The highest BCUT2D eigenvalue weighted by molar-refractivity contribution is 6.03. The largest absolute Gasteiger partial charge is 0.522 e. The zero-order valence-electron chi connectivity index (χ0n) is 80.0. The van der Waals surface area contributed by atoms with Crippen molar-refractivity contribution in [1.82, 2.24) is 98.9 Å². The smallest absolute Gasteiger partial charge is 0.467 e. The molecule has 0 saturated heterocycles. The molecule has 16 heterocycles. The van der Waals surface area contributed by atoms with Crippen LogP contribution in [-0.4, -0.2) is 142 Å². The van der Waals surface area contributed by atoms with Gasteiger partial charge >= 0.3 is 37.2 Å². The number of pyridine rings is 4. The third-order valence-corrected chi connectivity index (χ3v) is 23.8. The Morgan fingerprint density at radius 3 is 0.940 bits per heavy atom. The van der Waals surface area contributed by atoms with Crippen LogP contribution in [0.5, 0.6) is 5.88 Å². The monoisotopic (exact) mass is 2080 g/mol. The number of benzene rings is 4. The maximum atomic E-state index is 13.4. The topological polar surface area (TPSA) is 326 Å². The summed E-state index contributed by atoms with van der Waals surface area (Å²) in [5.74, 6) is 2.05. The van der Waals surface area contributed by atoms with E-state index in [9.17, 15) is 98.2 Å². The highest BCUT2D eigenvalue weighted by Crippen LogP contribution is 2.42. The van der Waals surface area contributed by atoms with Gasteiger partial charge in [0, 0.05) is 99.9 Å². The summed E-state index contributed by atoms with van der Waals surface area (Å²) in [6, 6.07) is 43.4. The zero-order valence-corrected chi connectivity index (χ0v) is 80.0. The van der Waals surface area contributed by atoms with Crippen molar-refractivity contribution in [2.24, 2.45) is 0 Å². The average molecular weight is 2080 g/mol. The number of carbonyl (C=O) groups excluding carboxylic acids is 4. The molecule has 48 heteroatoms. The SMILES string of the molecule is Cc1cc(C(F)(F)F)n(-c2ccc(CN3C(=O)Cc4cnc(-c5cccnc5C(C)C)nc43)cc2)n1.Cc1cc(C(F)(F)F)n(-c2ccc(CN3C(=O)Cc4cnc(-c5cccnc5OCC(F)(F)F)nc43)cc2)n1.Cc1cc(C(F)(F)F)nn1-c1ccc(CN2C(=O)Cc3cnc(-c4cccnc4C(C)C)nc32)cc1.Cc1cc(C(F)(F)F)nn1-c1ccc(CN2C(=O)Cc3cnc(-c4cccnc4COC(F)(F)F)nc32)cc1. The van der Waals surface area contributed by atoms with Gasteiger partial charge in [-0.2, -0.15) is 86.3 Å². The number of nitrogens with zero attached hydrogens (tertiary/aromatic N) is 24. The lowest BCUT2D eigenvalue weighted by molar-refractivity contribution is -0.330. The van der Waals surface area contributed by atoms with Crippen molar-refractivity contribution in [3.05, 3.63) is 327 Å². The molecular weight excluding hydrogens is 2000 g/mol. The van der Waals surface area contributed by atoms with Crippen LogP contribution in [0.2, 0.25) is 0 Å². The number of aromatic nitrogens is 20. The van der Waals surface area contributed by atoms with Crippen LogP contribution >= 0.6 is 0 Å². The predicted octanol–water partition coefficient (Wildman–Crippen LogP) is 20.8. The molecule has 12 aromatic heterocycles. The molecular formula is C102H82F18N24O6. The van der Waals surface area contributed by atoms with E-state index in [4.69, 9.17) is 14.7 Å². The fourth-order valence-electron chi connectivity index (χ4n) is 16.8. The van der Waals surface area contributed by atoms with Gasteiger partial charge in [-0.15, -0.1) is 13.2 Å². The molecule has 4 amide bonds. The lowest BCUT2D eigenvalue weighted by atomic mass is 10.0. The van der Waals surface area contributed by atoms with Crippen LogP contribution in [-0.2, 0) is 107 Å². The van der Waals surface area contributed by atoms with Gasteiger partial charge in [0.15, 0.2) is 41.3 Å². The molecule has 0 spiro atoms. The zero-order chi connectivity index (χ0) is 107. The summed E-state index contributed by atoms with van der Waals surface area (Å²) in [6.45, 7) is 12.5. The normalized spacial score (nSPS) is 13.6. The van der Waals surface area contributed by atoms with Crippen molar-refractivity contribution in [3.8, 4) is 74.2 Å².